The summed E-state index contributed by atoms with van der Waals surface area (Å²) in [5, 5.41) is 2.53. The van der Waals surface area contributed by atoms with Crippen LogP contribution in [0.5, 0.6) is 0 Å². The van der Waals surface area contributed by atoms with Gasteiger partial charge in [-0.3, -0.25) is 4.79 Å². The Bertz CT molecular complexity index is 799. The van der Waals surface area contributed by atoms with E-state index in [-0.39, 0.29) is 5.91 Å². The Morgan fingerprint density at radius 2 is 1.64 bits per heavy atom. The number of benzene rings is 2. The largest absolute Gasteiger partial charge is 0.378 e. The lowest BCUT2D eigenvalue weighted by Gasteiger charge is -2.29. The smallest absolute Gasteiger partial charge is 0.312 e. The summed E-state index contributed by atoms with van der Waals surface area (Å²) in [6.07, 6.45) is 0. The number of amides is 3. The van der Waals surface area contributed by atoms with Crippen LogP contribution in [0.1, 0.15) is 21.5 Å². The van der Waals surface area contributed by atoms with Crippen LogP contribution in [-0.4, -0.2) is 50.2 Å². The molecule has 3 amide bonds. The highest BCUT2D eigenvalue weighted by Crippen LogP contribution is 2.18. The summed E-state index contributed by atoms with van der Waals surface area (Å²) < 4.78 is 5.39. The average Bonchev–Trinajstić information content (AvgIpc) is 2.73. The Kier molecular flexibility index (Phi) is 6.49. The first-order chi connectivity index (χ1) is 13.5. The van der Waals surface area contributed by atoms with Crippen molar-refractivity contribution < 1.29 is 14.3 Å². The van der Waals surface area contributed by atoms with Gasteiger partial charge < -0.3 is 25.6 Å². The summed E-state index contributed by atoms with van der Waals surface area (Å²) in [6.45, 7) is 4.21. The summed E-state index contributed by atoms with van der Waals surface area (Å²) in [7, 11) is 1.79. The lowest BCUT2D eigenvalue weighted by atomic mass is 10.1. The topological polar surface area (TPSA) is 87.9 Å². The van der Waals surface area contributed by atoms with Crippen molar-refractivity contribution in [3.8, 4) is 0 Å². The van der Waals surface area contributed by atoms with Crippen LogP contribution in [0.3, 0.4) is 0 Å². The molecule has 28 heavy (non-hydrogen) atoms. The quantitative estimate of drug-likeness (QED) is 0.800. The molecule has 0 aliphatic carbocycles. The second kappa shape index (κ2) is 9.23. The molecular weight excluding hydrogens is 356 g/mol. The van der Waals surface area contributed by atoms with E-state index in [4.69, 9.17) is 10.5 Å². The van der Waals surface area contributed by atoms with Gasteiger partial charge in [0.2, 0.25) is 0 Å². The zero-order valence-corrected chi connectivity index (χ0v) is 16.1. The molecule has 148 valence electrons. The van der Waals surface area contributed by atoms with Crippen LogP contribution in [0.25, 0.3) is 0 Å². The summed E-state index contributed by atoms with van der Waals surface area (Å²) in [5.74, 6) is -0.0494. The van der Waals surface area contributed by atoms with Crippen molar-refractivity contribution in [2.45, 2.75) is 13.1 Å². The van der Waals surface area contributed by atoms with Crippen molar-refractivity contribution in [3.05, 3.63) is 65.2 Å². The molecule has 0 saturated carbocycles. The van der Waals surface area contributed by atoms with Crippen LogP contribution >= 0.6 is 0 Å². The van der Waals surface area contributed by atoms with E-state index in [0.29, 0.717) is 18.7 Å². The predicted molar refractivity (Wildman–Crippen MR) is 108 cm³/mol. The molecule has 1 aliphatic rings. The number of rotatable bonds is 6. The van der Waals surface area contributed by atoms with Crippen molar-refractivity contribution in [3.63, 3.8) is 0 Å². The molecule has 7 heteroatoms. The minimum atomic E-state index is -0.570. The van der Waals surface area contributed by atoms with Crippen molar-refractivity contribution in [2.75, 3.05) is 38.3 Å². The Morgan fingerprint density at radius 3 is 2.25 bits per heavy atom. The Morgan fingerprint density at radius 1 is 1.04 bits per heavy atom. The van der Waals surface area contributed by atoms with Crippen LogP contribution < -0.4 is 16.0 Å². The lowest BCUT2D eigenvalue weighted by Crippen LogP contribution is -2.36. The number of hydrogen-bond acceptors (Lipinski definition) is 4. The third kappa shape index (κ3) is 5.23. The standard InChI is InChI=1S/C21H26N4O3/c1-24(20(26)18-6-2-16(3-7-18)14-23-21(22)27)15-17-4-8-19(9-5-17)25-10-12-28-13-11-25/h2-9H,10-15H2,1H3,(H3,22,23,27). The molecular formula is C21H26N4O3. The van der Waals surface area contributed by atoms with Gasteiger partial charge in [0.05, 0.1) is 13.2 Å². The molecule has 0 spiro atoms. The zero-order chi connectivity index (χ0) is 19.9. The zero-order valence-electron chi connectivity index (χ0n) is 16.1. The fourth-order valence-electron chi connectivity index (χ4n) is 3.15. The second-order valence-corrected chi connectivity index (χ2v) is 6.84. The monoisotopic (exact) mass is 382 g/mol. The molecule has 1 aliphatic heterocycles. The highest BCUT2D eigenvalue weighted by atomic mass is 16.5. The molecule has 2 aromatic rings. The highest BCUT2D eigenvalue weighted by Gasteiger charge is 2.14. The summed E-state index contributed by atoms with van der Waals surface area (Å²) in [4.78, 5) is 27.4. The van der Waals surface area contributed by atoms with Gasteiger partial charge in [0, 0.05) is 44.5 Å². The minimum absolute atomic E-state index is 0.0494. The van der Waals surface area contributed by atoms with Crippen LogP contribution in [-0.2, 0) is 17.8 Å². The van der Waals surface area contributed by atoms with Gasteiger partial charge in [-0.2, -0.15) is 0 Å². The first-order valence-corrected chi connectivity index (χ1v) is 9.32. The molecule has 1 fully saturated rings. The van der Waals surface area contributed by atoms with Crippen LogP contribution in [0.2, 0.25) is 0 Å². The van der Waals surface area contributed by atoms with Crippen molar-refractivity contribution in [1.29, 1.82) is 0 Å². The number of hydrogen-bond donors (Lipinski definition) is 2. The van der Waals surface area contributed by atoms with Crippen LogP contribution in [0.15, 0.2) is 48.5 Å². The predicted octanol–water partition coefficient (Wildman–Crippen LogP) is 1.96. The number of nitrogens with zero attached hydrogens (tertiary/aromatic N) is 2. The van der Waals surface area contributed by atoms with Crippen LogP contribution in [0.4, 0.5) is 10.5 Å². The normalized spacial score (nSPS) is 13.8. The third-order valence-electron chi connectivity index (χ3n) is 4.75. The van der Waals surface area contributed by atoms with E-state index in [1.807, 2.05) is 12.1 Å². The lowest BCUT2D eigenvalue weighted by molar-refractivity contribution is 0.0785. The number of morpholine rings is 1. The average molecular weight is 382 g/mol. The number of carbonyl (C=O) groups excluding carboxylic acids is 2. The van der Waals surface area contributed by atoms with Gasteiger partial charge in [-0.05, 0) is 35.4 Å². The second-order valence-electron chi connectivity index (χ2n) is 6.84. The van der Waals surface area contributed by atoms with Gasteiger partial charge in [-0.1, -0.05) is 24.3 Å². The molecule has 0 aromatic heterocycles. The van der Waals surface area contributed by atoms with E-state index in [1.165, 1.54) is 5.69 Å². The van der Waals surface area contributed by atoms with Gasteiger partial charge in [0.15, 0.2) is 0 Å². The maximum absolute atomic E-state index is 12.7. The van der Waals surface area contributed by atoms with Crippen molar-refractivity contribution in [1.82, 2.24) is 10.2 Å². The van der Waals surface area contributed by atoms with E-state index in [2.05, 4.69) is 34.5 Å². The summed E-state index contributed by atoms with van der Waals surface area (Å²) in [5.41, 5.74) is 8.82. The van der Waals surface area contributed by atoms with E-state index < -0.39 is 6.03 Å². The number of urea groups is 1. The number of carbonyl (C=O) groups is 2. The number of ether oxygens (including phenoxy) is 1. The number of anilines is 1. The summed E-state index contributed by atoms with van der Waals surface area (Å²) >= 11 is 0. The maximum Gasteiger partial charge on any atom is 0.312 e. The van der Waals surface area contributed by atoms with Gasteiger partial charge in [0.25, 0.3) is 5.91 Å². The molecule has 0 unspecified atom stereocenters. The molecule has 3 rings (SSSR count). The number of nitrogens with one attached hydrogen (secondary N) is 1. The molecule has 2 aromatic carbocycles. The molecule has 1 heterocycles. The highest BCUT2D eigenvalue weighted by molar-refractivity contribution is 5.94. The fourth-order valence-corrected chi connectivity index (χ4v) is 3.15. The maximum atomic E-state index is 12.7. The third-order valence-corrected chi connectivity index (χ3v) is 4.75. The molecule has 0 bridgehead atoms. The molecule has 1 saturated heterocycles. The molecule has 7 nitrogen and oxygen atoms in total. The van der Waals surface area contributed by atoms with E-state index in [9.17, 15) is 9.59 Å². The van der Waals surface area contributed by atoms with E-state index >= 15 is 0 Å². The van der Waals surface area contributed by atoms with Gasteiger partial charge >= 0.3 is 6.03 Å². The first-order valence-electron chi connectivity index (χ1n) is 9.32. The number of nitrogens with two attached hydrogens (primary N) is 1. The molecule has 0 radical (unpaired) electrons. The SMILES string of the molecule is CN(Cc1ccc(N2CCOCC2)cc1)C(=O)c1ccc(CNC(N)=O)cc1. The van der Waals surface area contributed by atoms with Gasteiger partial charge in [-0.25, -0.2) is 4.79 Å². The minimum Gasteiger partial charge on any atom is -0.378 e. The van der Waals surface area contributed by atoms with Crippen molar-refractivity contribution >= 4 is 17.6 Å². The van der Waals surface area contributed by atoms with Crippen molar-refractivity contribution in [2.24, 2.45) is 5.73 Å². The van der Waals surface area contributed by atoms with Crippen LogP contribution in [0, 0.1) is 0 Å². The molecule has 3 N–H and O–H groups in total. The summed E-state index contributed by atoms with van der Waals surface area (Å²) in [6, 6.07) is 14.9. The number of primary amides is 1. The first kappa shape index (κ1) is 19.7. The molecule has 0 atom stereocenters. The Balaban J connectivity index is 1.56. The Hall–Kier alpha value is -3.06. The van der Waals surface area contributed by atoms with E-state index in [0.717, 1.165) is 37.4 Å². The van der Waals surface area contributed by atoms with Gasteiger partial charge in [-0.15, -0.1) is 0 Å². The van der Waals surface area contributed by atoms with E-state index in [1.54, 1.807) is 24.1 Å². The van der Waals surface area contributed by atoms with Gasteiger partial charge in [0.1, 0.15) is 0 Å². The Labute approximate surface area is 165 Å². The fraction of sp³-hybridized carbons (Fsp3) is 0.333.